The molecule has 2 aromatic rings. The maximum Gasteiger partial charge on any atom is 0.163 e. The molecule has 16 heavy (non-hydrogen) atoms. The molecule has 0 aliphatic rings. The van der Waals surface area contributed by atoms with E-state index in [0.717, 1.165) is 9.13 Å². The van der Waals surface area contributed by atoms with Gasteiger partial charge < -0.3 is 5.73 Å². The van der Waals surface area contributed by atoms with Crippen LogP contribution in [0.5, 0.6) is 0 Å². The zero-order valence-electron chi connectivity index (χ0n) is 8.12. The number of nitrogens with zero attached hydrogens (tertiary/aromatic N) is 2. The molecule has 1 aromatic heterocycles. The van der Waals surface area contributed by atoms with E-state index in [1.807, 2.05) is 0 Å². The molecule has 2 N–H and O–H groups in total. The SMILES string of the molecule is NCc1ccc(-n2cc(I)cn2)c(F)c1Br. The molecule has 1 aromatic carbocycles. The summed E-state index contributed by atoms with van der Waals surface area (Å²) >= 11 is 5.32. The molecular formula is C10H8BrFIN3. The van der Waals surface area contributed by atoms with Gasteiger partial charge in [0.1, 0.15) is 5.69 Å². The Morgan fingerprint density at radius 3 is 2.81 bits per heavy atom. The Bertz CT molecular complexity index is 527. The quantitative estimate of drug-likeness (QED) is 0.794. The van der Waals surface area contributed by atoms with Crippen LogP contribution >= 0.6 is 38.5 Å². The summed E-state index contributed by atoms with van der Waals surface area (Å²) in [7, 11) is 0. The minimum atomic E-state index is -0.345. The summed E-state index contributed by atoms with van der Waals surface area (Å²) in [5.74, 6) is -0.345. The standard InChI is InChI=1S/C10H8BrFIN3/c11-9-6(3-14)1-2-8(10(9)12)16-5-7(13)4-15-16/h1-2,4-5H,3,14H2. The van der Waals surface area contributed by atoms with Crippen molar-refractivity contribution in [3.8, 4) is 5.69 Å². The molecule has 0 unspecified atom stereocenters. The summed E-state index contributed by atoms with van der Waals surface area (Å²) in [5, 5.41) is 4.06. The Morgan fingerprint density at radius 1 is 1.50 bits per heavy atom. The van der Waals surface area contributed by atoms with Gasteiger partial charge in [-0.3, -0.25) is 0 Å². The van der Waals surface area contributed by atoms with E-state index in [1.165, 1.54) is 4.68 Å². The molecule has 2 rings (SSSR count). The fraction of sp³-hybridized carbons (Fsp3) is 0.100. The van der Waals surface area contributed by atoms with E-state index in [9.17, 15) is 4.39 Å². The minimum Gasteiger partial charge on any atom is -0.326 e. The molecule has 0 radical (unpaired) electrons. The Labute approximate surface area is 114 Å². The Kier molecular flexibility index (Phi) is 3.60. The van der Waals surface area contributed by atoms with Gasteiger partial charge in [-0.15, -0.1) is 0 Å². The van der Waals surface area contributed by atoms with Crippen molar-refractivity contribution in [1.82, 2.24) is 9.78 Å². The maximum atomic E-state index is 14.0. The fourth-order valence-electron chi connectivity index (χ4n) is 1.35. The Balaban J connectivity index is 2.55. The van der Waals surface area contributed by atoms with E-state index >= 15 is 0 Å². The monoisotopic (exact) mass is 395 g/mol. The molecule has 84 valence electrons. The third-order valence-corrected chi connectivity index (χ3v) is 3.57. The summed E-state index contributed by atoms with van der Waals surface area (Å²) in [4.78, 5) is 0. The Morgan fingerprint density at radius 2 is 2.25 bits per heavy atom. The molecule has 0 saturated carbocycles. The van der Waals surface area contributed by atoms with E-state index in [0.29, 0.717) is 16.7 Å². The van der Waals surface area contributed by atoms with Gasteiger partial charge in [-0.05, 0) is 50.2 Å². The number of hydrogen-bond acceptors (Lipinski definition) is 2. The highest BCUT2D eigenvalue weighted by Crippen LogP contribution is 2.25. The van der Waals surface area contributed by atoms with Gasteiger partial charge in [0.15, 0.2) is 5.82 Å². The molecule has 0 amide bonds. The van der Waals surface area contributed by atoms with E-state index in [4.69, 9.17) is 5.73 Å². The number of hydrogen-bond donors (Lipinski definition) is 1. The van der Waals surface area contributed by atoms with Crippen molar-refractivity contribution in [2.24, 2.45) is 5.73 Å². The highest BCUT2D eigenvalue weighted by molar-refractivity contribution is 14.1. The lowest BCUT2D eigenvalue weighted by atomic mass is 10.2. The molecular weight excluding hydrogens is 388 g/mol. The second-order valence-corrected chi connectivity index (χ2v) is 5.22. The van der Waals surface area contributed by atoms with Crippen LogP contribution in [0.1, 0.15) is 5.56 Å². The third-order valence-electron chi connectivity index (χ3n) is 2.16. The van der Waals surface area contributed by atoms with Crippen molar-refractivity contribution in [3.05, 3.63) is 43.9 Å². The van der Waals surface area contributed by atoms with Crippen LogP contribution in [0.25, 0.3) is 5.69 Å². The minimum absolute atomic E-state index is 0.300. The molecule has 6 heteroatoms. The normalized spacial score (nSPS) is 10.8. The van der Waals surface area contributed by atoms with E-state index in [1.54, 1.807) is 24.5 Å². The van der Waals surface area contributed by atoms with Gasteiger partial charge in [0, 0.05) is 12.7 Å². The average Bonchev–Trinajstić information content (AvgIpc) is 2.69. The average molecular weight is 396 g/mol. The predicted molar refractivity (Wildman–Crippen MR) is 71.8 cm³/mol. The lowest BCUT2D eigenvalue weighted by Gasteiger charge is -2.08. The van der Waals surface area contributed by atoms with Crippen LogP contribution in [0, 0.1) is 9.39 Å². The van der Waals surface area contributed by atoms with Crippen LogP contribution in [0.4, 0.5) is 4.39 Å². The fourth-order valence-corrected chi connectivity index (χ4v) is 2.23. The van der Waals surface area contributed by atoms with E-state index in [2.05, 4.69) is 43.6 Å². The van der Waals surface area contributed by atoms with Crippen molar-refractivity contribution in [2.45, 2.75) is 6.54 Å². The van der Waals surface area contributed by atoms with Gasteiger partial charge in [-0.2, -0.15) is 5.10 Å². The molecule has 0 fully saturated rings. The second kappa shape index (κ2) is 4.80. The van der Waals surface area contributed by atoms with Gasteiger partial charge >= 0.3 is 0 Å². The molecule has 3 nitrogen and oxygen atoms in total. The van der Waals surface area contributed by atoms with Gasteiger partial charge in [-0.25, -0.2) is 9.07 Å². The highest BCUT2D eigenvalue weighted by Gasteiger charge is 2.12. The lowest BCUT2D eigenvalue weighted by molar-refractivity contribution is 0.601. The van der Waals surface area contributed by atoms with Crippen LogP contribution in [0.15, 0.2) is 29.0 Å². The number of nitrogens with two attached hydrogens (primary N) is 1. The van der Waals surface area contributed by atoms with Crippen LogP contribution in [-0.2, 0) is 6.54 Å². The van der Waals surface area contributed by atoms with Gasteiger partial charge in [-0.1, -0.05) is 6.07 Å². The van der Waals surface area contributed by atoms with Crippen LogP contribution in [0.2, 0.25) is 0 Å². The number of aromatic nitrogens is 2. The Hall–Kier alpha value is -0.470. The molecule has 0 aliphatic heterocycles. The number of halogens is 3. The summed E-state index contributed by atoms with van der Waals surface area (Å²) in [5.41, 5.74) is 6.64. The zero-order valence-corrected chi connectivity index (χ0v) is 11.9. The van der Waals surface area contributed by atoms with Crippen molar-refractivity contribution >= 4 is 38.5 Å². The summed E-state index contributed by atoms with van der Waals surface area (Å²) in [6.45, 7) is 0.300. The zero-order chi connectivity index (χ0) is 11.7. The van der Waals surface area contributed by atoms with Gasteiger partial charge in [0.25, 0.3) is 0 Å². The first-order chi connectivity index (χ1) is 7.63. The molecule has 0 atom stereocenters. The van der Waals surface area contributed by atoms with Crippen molar-refractivity contribution < 1.29 is 4.39 Å². The van der Waals surface area contributed by atoms with Crippen molar-refractivity contribution in [1.29, 1.82) is 0 Å². The van der Waals surface area contributed by atoms with E-state index in [-0.39, 0.29) is 5.82 Å². The summed E-state index contributed by atoms with van der Waals surface area (Å²) in [6.07, 6.45) is 3.43. The van der Waals surface area contributed by atoms with Crippen LogP contribution in [0.3, 0.4) is 0 Å². The van der Waals surface area contributed by atoms with E-state index < -0.39 is 0 Å². The predicted octanol–water partition coefficient (Wildman–Crippen LogP) is 2.84. The van der Waals surface area contributed by atoms with Crippen LogP contribution < -0.4 is 5.73 Å². The van der Waals surface area contributed by atoms with Crippen LogP contribution in [-0.4, -0.2) is 9.78 Å². The number of rotatable bonds is 2. The molecule has 0 saturated heterocycles. The highest BCUT2D eigenvalue weighted by atomic mass is 127. The van der Waals surface area contributed by atoms with Gasteiger partial charge in [0.2, 0.25) is 0 Å². The largest absolute Gasteiger partial charge is 0.326 e. The molecule has 1 heterocycles. The van der Waals surface area contributed by atoms with Gasteiger partial charge in [0.05, 0.1) is 14.2 Å². The molecule has 0 aliphatic carbocycles. The van der Waals surface area contributed by atoms with Crippen molar-refractivity contribution in [3.63, 3.8) is 0 Å². The maximum absolute atomic E-state index is 14.0. The first kappa shape index (κ1) is 12.0. The summed E-state index contributed by atoms with van der Waals surface area (Å²) < 4.78 is 16.8. The first-order valence-corrected chi connectivity index (χ1v) is 6.38. The number of benzene rings is 1. The summed E-state index contributed by atoms with van der Waals surface area (Å²) in [6, 6.07) is 3.46. The lowest BCUT2D eigenvalue weighted by Crippen LogP contribution is -2.04. The van der Waals surface area contributed by atoms with Crippen molar-refractivity contribution in [2.75, 3.05) is 0 Å². The smallest absolute Gasteiger partial charge is 0.163 e. The molecule has 0 spiro atoms. The topological polar surface area (TPSA) is 43.8 Å². The second-order valence-electron chi connectivity index (χ2n) is 3.18. The first-order valence-electron chi connectivity index (χ1n) is 4.51. The molecule has 0 bridgehead atoms. The third kappa shape index (κ3) is 2.14.